The maximum Gasteiger partial charge on any atom is 0.343 e. The minimum atomic E-state index is -0.194. The van der Waals surface area contributed by atoms with Gasteiger partial charge in [-0.1, -0.05) is 50.1 Å². The molecule has 0 spiro atoms. The number of aryl methyl sites for hydroxylation is 1. The molecule has 1 fully saturated rings. The Labute approximate surface area is 147 Å². The van der Waals surface area contributed by atoms with Crippen molar-refractivity contribution in [3.05, 3.63) is 40.3 Å². The van der Waals surface area contributed by atoms with Crippen molar-refractivity contribution in [1.29, 1.82) is 0 Å². The minimum Gasteiger partial charge on any atom is -0.296 e. The van der Waals surface area contributed by atoms with Crippen molar-refractivity contribution in [3.63, 3.8) is 0 Å². The number of hydrogen-bond donors (Lipinski definition) is 2. The van der Waals surface area contributed by atoms with Crippen molar-refractivity contribution in [3.8, 4) is 11.4 Å². The largest absolute Gasteiger partial charge is 0.343 e. The molecule has 0 saturated carbocycles. The lowest BCUT2D eigenvalue weighted by atomic mass is 10.1. The Balaban J connectivity index is 0.000000241. The van der Waals surface area contributed by atoms with Gasteiger partial charge in [-0.2, -0.15) is 5.10 Å². The lowest BCUT2D eigenvalue weighted by Gasteiger charge is -2.07. The fourth-order valence-electron chi connectivity index (χ4n) is 2.00. The molecule has 0 radical (unpaired) electrons. The Kier molecular flexibility index (Phi) is 8.32. The molecule has 25 heavy (non-hydrogen) atoms. The fraction of sp³-hybridized carbons (Fsp3) is 0.444. The number of nitrogens with zero attached hydrogens (tertiary/aromatic N) is 2. The molecule has 0 aliphatic carbocycles. The number of piperidine rings is 1. The zero-order valence-electron chi connectivity index (χ0n) is 15.3. The summed E-state index contributed by atoms with van der Waals surface area (Å²) in [5.41, 5.74) is 1.94. The summed E-state index contributed by atoms with van der Waals surface area (Å²) in [7, 11) is 1.70. The number of imide groups is 1. The van der Waals surface area contributed by atoms with Crippen LogP contribution in [0.2, 0.25) is 0 Å². The molecule has 136 valence electrons. The molecule has 1 aromatic carbocycles. The highest BCUT2D eigenvalue weighted by Gasteiger charge is 2.13. The summed E-state index contributed by atoms with van der Waals surface area (Å²) in [6, 6.07) is 7.89. The van der Waals surface area contributed by atoms with Crippen LogP contribution >= 0.6 is 0 Å². The number of aromatic amines is 1. The second-order valence-electron chi connectivity index (χ2n) is 5.81. The van der Waals surface area contributed by atoms with Crippen molar-refractivity contribution in [1.82, 2.24) is 20.1 Å². The molecule has 2 heterocycles. The molecule has 2 N–H and O–H groups in total. The van der Waals surface area contributed by atoms with Crippen LogP contribution in [0.1, 0.15) is 45.1 Å². The van der Waals surface area contributed by atoms with Gasteiger partial charge < -0.3 is 0 Å². The topological polar surface area (TPSA) is 96.8 Å². The van der Waals surface area contributed by atoms with Crippen LogP contribution in [0.5, 0.6) is 0 Å². The number of benzene rings is 1. The predicted octanol–water partition coefficient (Wildman–Crippen LogP) is 2.31. The number of nitrogens with one attached hydrogen (secondary N) is 2. The molecule has 7 nitrogen and oxygen atoms in total. The van der Waals surface area contributed by atoms with Crippen molar-refractivity contribution in [2.45, 2.75) is 46.5 Å². The number of hydrogen-bond acceptors (Lipinski definition) is 4. The molecule has 0 unspecified atom stereocenters. The summed E-state index contributed by atoms with van der Waals surface area (Å²) in [5.74, 6) is 0.387. The van der Waals surface area contributed by atoms with E-state index >= 15 is 0 Å². The summed E-state index contributed by atoms with van der Waals surface area (Å²) in [4.78, 5) is 31.8. The van der Waals surface area contributed by atoms with Gasteiger partial charge in [-0.15, -0.1) is 0 Å². The van der Waals surface area contributed by atoms with E-state index in [1.807, 2.05) is 31.2 Å². The third-order valence-corrected chi connectivity index (χ3v) is 3.28. The average Bonchev–Trinajstić information content (AvgIpc) is 2.89. The van der Waals surface area contributed by atoms with E-state index in [9.17, 15) is 14.4 Å². The number of carbonyl (C=O) groups is 2. The van der Waals surface area contributed by atoms with Gasteiger partial charge in [0.1, 0.15) is 0 Å². The van der Waals surface area contributed by atoms with Crippen LogP contribution in [0.25, 0.3) is 11.4 Å². The van der Waals surface area contributed by atoms with Gasteiger partial charge in [0.25, 0.3) is 0 Å². The third kappa shape index (κ3) is 6.74. The molecule has 0 bridgehead atoms. The number of carbonyl (C=O) groups excluding carboxylic acids is 2. The lowest BCUT2D eigenvalue weighted by molar-refractivity contribution is -0.132. The van der Waals surface area contributed by atoms with Gasteiger partial charge in [-0.05, 0) is 13.3 Å². The standard InChI is InChI=1S/C10H11N3O.C5H7NO2.C3H8/c1-7-3-5-8(6-4-7)9-11-12-10(14)13(9)2;7-4-2-1-3-5(8)6-4;1-3-2/h3-6H,1-2H3,(H,12,14);1-3H2,(H,6,7,8);3H2,1-2H3. The summed E-state index contributed by atoms with van der Waals surface area (Å²) >= 11 is 0. The number of rotatable bonds is 1. The normalized spacial score (nSPS) is 13.1. The molecule has 0 atom stereocenters. The van der Waals surface area contributed by atoms with Crippen LogP contribution in [0.4, 0.5) is 0 Å². The molecular weight excluding hydrogens is 320 g/mol. The van der Waals surface area contributed by atoms with E-state index in [1.165, 1.54) is 16.6 Å². The number of aromatic nitrogens is 3. The fourth-order valence-corrected chi connectivity index (χ4v) is 2.00. The van der Waals surface area contributed by atoms with Crippen molar-refractivity contribution in [2.24, 2.45) is 7.05 Å². The second kappa shape index (κ2) is 10.2. The zero-order chi connectivity index (χ0) is 18.8. The first-order valence-electron chi connectivity index (χ1n) is 8.40. The molecule has 1 aromatic heterocycles. The van der Waals surface area contributed by atoms with Crippen molar-refractivity contribution < 1.29 is 9.59 Å². The molecule has 1 aliphatic heterocycles. The molecule has 1 saturated heterocycles. The minimum absolute atomic E-state index is 0.138. The molecule has 7 heteroatoms. The highest BCUT2D eigenvalue weighted by atomic mass is 16.2. The SMILES string of the molecule is CCC.Cc1ccc(-c2n[nH]c(=O)n2C)cc1.O=C1CCCC(=O)N1. The number of H-pyrrole nitrogens is 1. The van der Waals surface area contributed by atoms with Gasteiger partial charge in [-0.25, -0.2) is 9.89 Å². The van der Waals surface area contributed by atoms with Crippen molar-refractivity contribution >= 4 is 11.8 Å². The first-order valence-corrected chi connectivity index (χ1v) is 8.40. The zero-order valence-corrected chi connectivity index (χ0v) is 15.3. The molecular formula is C18H26N4O3. The summed E-state index contributed by atoms with van der Waals surface area (Å²) in [6.45, 7) is 6.27. The maximum atomic E-state index is 11.1. The van der Waals surface area contributed by atoms with Gasteiger partial charge in [-0.3, -0.25) is 19.5 Å². The first-order chi connectivity index (χ1) is 11.9. The van der Waals surface area contributed by atoms with Gasteiger partial charge in [0, 0.05) is 25.5 Å². The average molecular weight is 346 g/mol. The first kappa shape index (κ1) is 20.3. The monoisotopic (exact) mass is 346 g/mol. The molecule has 2 amide bonds. The Morgan fingerprint density at radius 3 is 1.92 bits per heavy atom. The molecule has 2 aromatic rings. The van der Waals surface area contributed by atoms with Crippen LogP contribution in [0, 0.1) is 6.92 Å². The van der Waals surface area contributed by atoms with E-state index in [-0.39, 0.29) is 17.5 Å². The van der Waals surface area contributed by atoms with Gasteiger partial charge in [0.05, 0.1) is 0 Å². The molecule has 3 rings (SSSR count). The van der Waals surface area contributed by atoms with E-state index in [0.717, 1.165) is 5.56 Å². The van der Waals surface area contributed by atoms with Crippen molar-refractivity contribution in [2.75, 3.05) is 0 Å². The van der Waals surface area contributed by atoms with Gasteiger partial charge >= 0.3 is 5.69 Å². The number of amides is 2. The van der Waals surface area contributed by atoms with Gasteiger partial charge in [0.2, 0.25) is 11.8 Å². The molecule has 1 aliphatic rings. The Morgan fingerprint density at radius 2 is 1.56 bits per heavy atom. The van der Waals surface area contributed by atoms with E-state index in [0.29, 0.717) is 25.1 Å². The van der Waals surface area contributed by atoms with Crippen LogP contribution in [-0.2, 0) is 16.6 Å². The Bertz CT molecular complexity index is 730. The van der Waals surface area contributed by atoms with E-state index in [1.54, 1.807) is 7.05 Å². The van der Waals surface area contributed by atoms with E-state index in [2.05, 4.69) is 29.4 Å². The quantitative estimate of drug-likeness (QED) is 0.774. The Hall–Kier alpha value is -2.70. The summed E-state index contributed by atoms with van der Waals surface area (Å²) in [6.07, 6.45) is 2.97. The van der Waals surface area contributed by atoms with Crippen LogP contribution in [0.3, 0.4) is 0 Å². The Morgan fingerprint density at radius 1 is 1.04 bits per heavy atom. The highest BCUT2D eigenvalue weighted by molar-refractivity contribution is 5.97. The predicted molar refractivity (Wildman–Crippen MR) is 97.0 cm³/mol. The summed E-state index contributed by atoms with van der Waals surface area (Å²) in [5, 5.41) is 8.55. The van der Waals surface area contributed by atoms with E-state index < -0.39 is 0 Å². The smallest absolute Gasteiger partial charge is 0.296 e. The van der Waals surface area contributed by atoms with Crippen LogP contribution in [-0.4, -0.2) is 26.6 Å². The van der Waals surface area contributed by atoms with Crippen LogP contribution in [0.15, 0.2) is 29.1 Å². The van der Waals surface area contributed by atoms with Gasteiger partial charge in [0.15, 0.2) is 5.82 Å². The third-order valence-electron chi connectivity index (χ3n) is 3.28. The van der Waals surface area contributed by atoms with E-state index in [4.69, 9.17) is 0 Å². The highest BCUT2D eigenvalue weighted by Crippen LogP contribution is 2.14. The maximum absolute atomic E-state index is 11.1. The second-order valence-corrected chi connectivity index (χ2v) is 5.81. The lowest BCUT2D eigenvalue weighted by Crippen LogP contribution is -2.33. The van der Waals surface area contributed by atoms with Crippen LogP contribution < -0.4 is 11.0 Å². The summed E-state index contributed by atoms with van der Waals surface area (Å²) < 4.78 is 1.49.